The molecule has 6 heteroatoms. The molecule has 0 aliphatic heterocycles. The van der Waals surface area contributed by atoms with Gasteiger partial charge in [-0.2, -0.15) is 5.26 Å². The fraction of sp³-hybridized carbons (Fsp3) is 0.400. The van der Waals surface area contributed by atoms with Gasteiger partial charge in [-0.3, -0.25) is 0 Å². The van der Waals surface area contributed by atoms with Crippen molar-refractivity contribution in [1.29, 1.82) is 5.26 Å². The Labute approximate surface area is 168 Å². The van der Waals surface area contributed by atoms with Gasteiger partial charge in [-0.1, -0.05) is 36.2 Å². The monoisotopic (exact) mass is 406 g/mol. The van der Waals surface area contributed by atoms with Crippen molar-refractivity contribution < 1.29 is 5.11 Å². The van der Waals surface area contributed by atoms with Gasteiger partial charge in [-0.25, -0.2) is 4.98 Å². The zero-order valence-electron chi connectivity index (χ0n) is 14.6. The number of pyridine rings is 1. The standard InChI is InChI=1S/C20H20Cl2N2OS/c1-2-18-14-6-4-3-5-13(14)16(10-23)20(24-18)26-11-19(25)15-8-7-12(21)9-17(15)22/h7-9,19,25H,2-6,11H2,1H3. The van der Waals surface area contributed by atoms with Crippen molar-refractivity contribution >= 4 is 35.0 Å². The number of aromatic nitrogens is 1. The molecule has 2 aromatic rings. The van der Waals surface area contributed by atoms with Crippen LogP contribution in [-0.2, 0) is 19.3 Å². The van der Waals surface area contributed by atoms with Crippen LogP contribution in [0.25, 0.3) is 0 Å². The second-order valence-corrected chi connectivity index (χ2v) is 8.21. The van der Waals surface area contributed by atoms with Crippen LogP contribution in [0.5, 0.6) is 0 Å². The van der Waals surface area contributed by atoms with Gasteiger partial charge >= 0.3 is 0 Å². The minimum absolute atomic E-state index is 0.380. The molecule has 0 bridgehead atoms. The van der Waals surface area contributed by atoms with E-state index in [1.165, 1.54) is 17.3 Å². The lowest BCUT2D eigenvalue weighted by atomic mass is 9.87. The molecule has 0 fully saturated rings. The Morgan fingerprint density at radius 2 is 2.00 bits per heavy atom. The first kappa shape index (κ1) is 19.5. The number of fused-ring (bicyclic) bond motifs is 1. The van der Waals surface area contributed by atoms with Crippen LogP contribution in [0.4, 0.5) is 0 Å². The Bertz CT molecular complexity index is 864. The predicted octanol–water partition coefficient (Wildman–Crippen LogP) is 5.53. The summed E-state index contributed by atoms with van der Waals surface area (Å²) in [5, 5.41) is 21.9. The van der Waals surface area contributed by atoms with Gasteiger partial charge in [0, 0.05) is 27.1 Å². The van der Waals surface area contributed by atoms with Crippen LogP contribution in [0.3, 0.4) is 0 Å². The van der Waals surface area contributed by atoms with Crippen LogP contribution >= 0.6 is 35.0 Å². The molecule has 1 aliphatic rings. The minimum atomic E-state index is -0.751. The van der Waals surface area contributed by atoms with Crippen molar-refractivity contribution in [1.82, 2.24) is 4.98 Å². The highest BCUT2D eigenvalue weighted by atomic mass is 35.5. The number of thioether (sulfide) groups is 1. The Balaban J connectivity index is 1.86. The molecule has 1 N–H and O–H groups in total. The van der Waals surface area contributed by atoms with Crippen LogP contribution in [0.15, 0.2) is 23.2 Å². The number of hydrogen-bond acceptors (Lipinski definition) is 4. The highest BCUT2D eigenvalue weighted by Crippen LogP contribution is 2.35. The highest BCUT2D eigenvalue weighted by molar-refractivity contribution is 7.99. The third-order valence-corrected chi connectivity index (χ3v) is 6.33. The molecule has 1 aromatic carbocycles. The maximum atomic E-state index is 10.5. The summed E-state index contributed by atoms with van der Waals surface area (Å²) in [5.74, 6) is 0.380. The zero-order valence-corrected chi connectivity index (χ0v) is 16.9. The fourth-order valence-electron chi connectivity index (χ4n) is 3.41. The molecule has 1 heterocycles. The molecule has 0 saturated carbocycles. The van der Waals surface area contributed by atoms with Gasteiger partial charge in [-0.15, -0.1) is 11.8 Å². The Hall–Kier alpha value is -1.25. The molecule has 0 saturated heterocycles. The predicted molar refractivity (Wildman–Crippen MR) is 107 cm³/mol. The molecule has 1 unspecified atom stereocenters. The number of halogens is 2. The summed E-state index contributed by atoms with van der Waals surface area (Å²) < 4.78 is 0. The van der Waals surface area contributed by atoms with E-state index in [4.69, 9.17) is 28.2 Å². The van der Waals surface area contributed by atoms with E-state index in [2.05, 4.69) is 13.0 Å². The number of hydrogen-bond donors (Lipinski definition) is 1. The lowest BCUT2D eigenvalue weighted by molar-refractivity contribution is 0.204. The average Bonchev–Trinajstić information content (AvgIpc) is 2.65. The van der Waals surface area contributed by atoms with Crippen LogP contribution in [0.1, 0.15) is 53.8 Å². The van der Waals surface area contributed by atoms with Gasteiger partial charge < -0.3 is 5.11 Å². The van der Waals surface area contributed by atoms with E-state index in [1.54, 1.807) is 18.2 Å². The first-order chi connectivity index (χ1) is 12.5. The molecule has 1 atom stereocenters. The SMILES string of the molecule is CCc1nc(SCC(O)c2ccc(Cl)cc2Cl)c(C#N)c2c1CCCC2. The first-order valence-corrected chi connectivity index (χ1v) is 10.5. The highest BCUT2D eigenvalue weighted by Gasteiger charge is 2.22. The number of benzene rings is 1. The number of nitriles is 1. The fourth-order valence-corrected chi connectivity index (χ4v) is 4.92. The minimum Gasteiger partial charge on any atom is -0.387 e. The molecule has 3 nitrogen and oxygen atoms in total. The van der Waals surface area contributed by atoms with Gasteiger partial charge in [0.1, 0.15) is 11.1 Å². The Kier molecular flexibility index (Phi) is 6.47. The van der Waals surface area contributed by atoms with Gasteiger partial charge in [0.2, 0.25) is 0 Å². The van der Waals surface area contributed by atoms with E-state index in [0.717, 1.165) is 43.4 Å². The lowest BCUT2D eigenvalue weighted by Crippen LogP contribution is -2.12. The van der Waals surface area contributed by atoms with Gasteiger partial charge in [-0.05, 0) is 55.4 Å². The molecule has 1 aromatic heterocycles. The van der Waals surface area contributed by atoms with E-state index < -0.39 is 6.10 Å². The molecule has 1 aliphatic carbocycles. The van der Waals surface area contributed by atoms with Crippen LogP contribution in [0, 0.1) is 11.3 Å². The topological polar surface area (TPSA) is 56.9 Å². The van der Waals surface area contributed by atoms with E-state index in [9.17, 15) is 10.4 Å². The number of aryl methyl sites for hydroxylation is 1. The van der Waals surface area contributed by atoms with Crippen molar-refractivity contribution in [2.45, 2.75) is 50.2 Å². The Morgan fingerprint density at radius 3 is 2.65 bits per heavy atom. The van der Waals surface area contributed by atoms with Gasteiger partial charge in [0.25, 0.3) is 0 Å². The number of aliphatic hydroxyl groups excluding tert-OH is 1. The number of nitrogens with zero attached hydrogens (tertiary/aromatic N) is 2. The smallest absolute Gasteiger partial charge is 0.114 e. The third kappa shape index (κ3) is 4.02. The summed E-state index contributed by atoms with van der Waals surface area (Å²) in [4.78, 5) is 4.75. The summed E-state index contributed by atoms with van der Waals surface area (Å²) in [6, 6.07) is 7.42. The normalized spacial score (nSPS) is 14.6. The number of aliphatic hydroxyl groups is 1. The summed E-state index contributed by atoms with van der Waals surface area (Å²) in [7, 11) is 0. The molecular formula is C20H20Cl2N2OS. The maximum Gasteiger partial charge on any atom is 0.114 e. The summed E-state index contributed by atoms with van der Waals surface area (Å²) in [5.41, 5.74) is 4.82. The van der Waals surface area contributed by atoms with Crippen LogP contribution in [-0.4, -0.2) is 15.8 Å². The summed E-state index contributed by atoms with van der Waals surface area (Å²) in [6.45, 7) is 2.10. The molecule has 0 radical (unpaired) electrons. The zero-order chi connectivity index (χ0) is 18.7. The Morgan fingerprint density at radius 1 is 1.27 bits per heavy atom. The van der Waals surface area contributed by atoms with Crippen molar-refractivity contribution in [2.24, 2.45) is 0 Å². The van der Waals surface area contributed by atoms with Crippen molar-refractivity contribution in [2.75, 3.05) is 5.75 Å². The molecule has 0 spiro atoms. The van der Waals surface area contributed by atoms with Crippen molar-refractivity contribution in [3.05, 3.63) is 56.2 Å². The van der Waals surface area contributed by atoms with Crippen LogP contribution < -0.4 is 0 Å². The summed E-state index contributed by atoms with van der Waals surface area (Å²) in [6.07, 6.45) is 4.32. The third-order valence-electron chi connectivity index (χ3n) is 4.71. The summed E-state index contributed by atoms with van der Waals surface area (Å²) >= 11 is 13.5. The van der Waals surface area contributed by atoms with E-state index in [0.29, 0.717) is 32.0 Å². The largest absolute Gasteiger partial charge is 0.387 e. The van der Waals surface area contributed by atoms with Crippen LogP contribution in [0.2, 0.25) is 10.0 Å². The van der Waals surface area contributed by atoms with Gasteiger partial charge in [0.05, 0.1) is 11.7 Å². The molecule has 26 heavy (non-hydrogen) atoms. The van der Waals surface area contributed by atoms with Crippen molar-refractivity contribution in [3.63, 3.8) is 0 Å². The van der Waals surface area contributed by atoms with Gasteiger partial charge in [0.15, 0.2) is 0 Å². The maximum absolute atomic E-state index is 10.5. The van der Waals surface area contributed by atoms with Crippen molar-refractivity contribution in [3.8, 4) is 6.07 Å². The number of rotatable bonds is 5. The lowest BCUT2D eigenvalue weighted by Gasteiger charge is -2.22. The second kappa shape index (κ2) is 8.63. The second-order valence-electron chi connectivity index (χ2n) is 6.36. The quantitative estimate of drug-likeness (QED) is 0.663. The molecule has 136 valence electrons. The van der Waals surface area contributed by atoms with E-state index >= 15 is 0 Å². The average molecular weight is 407 g/mol. The molecule has 3 rings (SSSR count). The van der Waals surface area contributed by atoms with E-state index in [1.807, 2.05) is 0 Å². The first-order valence-electron chi connectivity index (χ1n) is 8.75. The molecule has 0 amide bonds. The van der Waals surface area contributed by atoms with E-state index in [-0.39, 0.29) is 0 Å². The molecular weight excluding hydrogens is 387 g/mol.